The monoisotopic (exact) mass is 180 g/mol. The van der Waals surface area contributed by atoms with Crippen LogP contribution in [0.5, 0.6) is 0 Å². The zero-order chi connectivity index (χ0) is 9.28. The minimum atomic E-state index is -0.711. The van der Waals surface area contributed by atoms with Crippen molar-refractivity contribution < 1.29 is 19.8 Å². The second-order valence-corrected chi connectivity index (χ2v) is 1.82. The van der Waals surface area contributed by atoms with Crippen LogP contribution in [0, 0.1) is 0 Å². The number of ether oxygens (including phenoxy) is 1. The van der Waals surface area contributed by atoms with E-state index in [2.05, 4.69) is 10.5 Å². The van der Waals surface area contributed by atoms with Crippen LogP contribution in [0.15, 0.2) is 0 Å². The molecule has 0 saturated heterocycles. The van der Waals surface area contributed by atoms with Crippen LogP contribution < -0.4 is 5.73 Å². The lowest BCUT2D eigenvalue weighted by molar-refractivity contribution is -0.115. The maximum Gasteiger partial charge on any atom is 0.404 e. The predicted molar refractivity (Wildman–Crippen MR) is 44.6 cm³/mol. The molecule has 6 nitrogen and oxygen atoms in total. The molecule has 0 spiro atoms. The summed E-state index contributed by atoms with van der Waals surface area (Å²) in [4.78, 5) is 20.5. The first-order valence-corrected chi connectivity index (χ1v) is 3.08. The molecule has 0 atom stereocenters. The van der Waals surface area contributed by atoms with Gasteiger partial charge in [0.1, 0.15) is 0 Å². The Morgan fingerprint density at radius 2 is 1.92 bits per heavy atom. The van der Waals surface area contributed by atoms with Crippen LogP contribution in [0.4, 0.5) is 4.79 Å². The fraction of sp³-hybridized carbons (Fsp3) is 0.667. The van der Waals surface area contributed by atoms with Crippen LogP contribution in [-0.2, 0) is 9.53 Å². The van der Waals surface area contributed by atoms with Crippen LogP contribution in [0.2, 0.25) is 0 Å². The lowest BCUT2D eigenvalue weighted by atomic mass is 10.9. The molecule has 0 radical (unpaired) electrons. The number of amides is 2. The highest BCUT2D eigenvalue weighted by atomic mass is 16.5. The summed E-state index contributed by atoms with van der Waals surface area (Å²) in [6.45, 7) is 2.06. The van der Waals surface area contributed by atoms with E-state index >= 15 is 0 Å². The van der Waals surface area contributed by atoms with Gasteiger partial charge in [0, 0.05) is 14.1 Å². The Morgan fingerprint density at radius 3 is 1.92 bits per heavy atom. The second-order valence-electron chi connectivity index (χ2n) is 1.82. The number of hydrogen-bond donors (Lipinski definition) is 1. The van der Waals surface area contributed by atoms with E-state index in [0.717, 1.165) is 6.41 Å². The Hall–Kier alpha value is -1.30. The molecule has 4 N–H and O–H groups in total. The first-order valence-electron chi connectivity index (χ1n) is 3.08. The summed E-state index contributed by atoms with van der Waals surface area (Å²) >= 11 is 0. The Balaban J connectivity index is -0.000000126. The quantitative estimate of drug-likeness (QED) is 0.550. The molecule has 0 aliphatic carbocycles. The highest BCUT2D eigenvalue weighted by Crippen LogP contribution is 1.66. The largest absolute Gasteiger partial charge is 0.450 e. The molecule has 2 amide bonds. The number of primary amides is 1. The van der Waals surface area contributed by atoms with Crippen LogP contribution in [0.25, 0.3) is 0 Å². The van der Waals surface area contributed by atoms with E-state index in [1.807, 2.05) is 0 Å². The number of carbonyl (C=O) groups is 2. The van der Waals surface area contributed by atoms with Crippen molar-refractivity contribution in [3.63, 3.8) is 0 Å². The SMILES string of the molecule is CCOC(N)=O.CN(C)C=O.O. The summed E-state index contributed by atoms with van der Waals surface area (Å²) in [7, 11) is 3.38. The molecule has 12 heavy (non-hydrogen) atoms. The molecule has 0 fully saturated rings. The molecular weight excluding hydrogens is 164 g/mol. The summed E-state index contributed by atoms with van der Waals surface area (Å²) in [6.07, 6.45) is 0.0394. The summed E-state index contributed by atoms with van der Waals surface area (Å²) in [5.41, 5.74) is 4.54. The van der Waals surface area contributed by atoms with Crippen molar-refractivity contribution in [2.75, 3.05) is 20.7 Å². The lowest BCUT2D eigenvalue weighted by Crippen LogP contribution is -2.11. The fourth-order valence-corrected chi connectivity index (χ4v) is 0.142. The third-order valence-corrected chi connectivity index (χ3v) is 0.497. The van der Waals surface area contributed by atoms with Crippen LogP contribution in [-0.4, -0.2) is 43.6 Å². The summed E-state index contributed by atoms with van der Waals surface area (Å²) < 4.78 is 4.18. The first kappa shape index (κ1) is 17.0. The zero-order valence-electron chi connectivity index (χ0n) is 7.53. The van der Waals surface area contributed by atoms with Crippen LogP contribution in [0.1, 0.15) is 6.92 Å². The molecule has 0 aromatic rings. The standard InChI is InChI=1S/C3H7NO2.C3H7NO.H2O/c1-2-6-3(4)5;1-4(2)3-5;/h2H2,1H3,(H2,4,5);3H,1-2H3;1H2. The minimum Gasteiger partial charge on any atom is -0.450 e. The molecule has 0 aromatic heterocycles. The third-order valence-electron chi connectivity index (χ3n) is 0.497. The summed E-state index contributed by atoms with van der Waals surface area (Å²) in [6, 6.07) is 0. The van der Waals surface area contributed by atoms with E-state index in [1.54, 1.807) is 21.0 Å². The Morgan fingerprint density at radius 1 is 1.58 bits per heavy atom. The number of nitrogens with zero attached hydrogens (tertiary/aromatic N) is 1. The van der Waals surface area contributed by atoms with E-state index in [0.29, 0.717) is 6.61 Å². The maximum absolute atomic E-state index is 9.60. The molecule has 0 saturated carbocycles. The Labute approximate surface area is 71.6 Å². The molecule has 0 bridgehead atoms. The Kier molecular flexibility index (Phi) is 17.5. The van der Waals surface area contributed by atoms with Crippen molar-refractivity contribution in [3.8, 4) is 0 Å². The molecule has 0 aromatic carbocycles. The normalized spacial score (nSPS) is 6.58. The smallest absolute Gasteiger partial charge is 0.404 e. The van der Waals surface area contributed by atoms with E-state index in [1.165, 1.54) is 4.90 Å². The third kappa shape index (κ3) is 37.7. The number of nitrogens with two attached hydrogens (primary N) is 1. The zero-order valence-corrected chi connectivity index (χ0v) is 7.53. The molecule has 0 heterocycles. The van der Waals surface area contributed by atoms with Gasteiger partial charge in [-0.3, -0.25) is 4.79 Å². The van der Waals surface area contributed by atoms with Crippen molar-refractivity contribution in [1.82, 2.24) is 4.90 Å². The molecule has 0 aliphatic heterocycles. The van der Waals surface area contributed by atoms with Gasteiger partial charge in [0.05, 0.1) is 6.61 Å². The van der Waals surface area contributed by atoms with E-state index < -0.39 is 6.09 Å². The predicted octanol–water partition coefficient (Wildman–Crippen LogP) is -1.02. The van der Waals surface area contributed by atoms with E-state index in [9.17, 15) is 9.59 Å². The topological polar surface area (TPSA) is 104 Å². The van der Waals surface area contributed by atoms with Gasteiger partial charge in [-0.25, -0.2) is 4.79 Å². The van der Waals surface area contributed by atoms with Gasteiger partial charge < -0.3 is 20.8 Å². The van der Waals surface area contributed by atoms with Crippen LogP contribution >= 0.6 is 0 Å². The van der Waals surface area contributed by atoms with Gasteiger partial charge >= 0.3 is 6.09 Å². The average molecular weight is 180 g/mol. The summed E-state index contributed by atoms with van der Waals surface area (Å²) in [5, 5.41) is 0. The average Bonchev–Trinajstić information content (AvgIpc) is 1.89. The van der Waals surface area contributed by atoms with Gasteiger partial charge in [-0.05, 0) is 6.92 Å². The van der Waals surface area contributed by atoms with Gasteiger partial charge in [-0.15, -0.1) is 0 Å². The highest BCUT2D eigenvalue weighted by Gasteiger charge is 1.82. The molecule has 6 heteroatoms. The lowest BCUT2D eigenvalue weighted by Gasteiger charge is -1.93. The Bertz CT molecular complexity index is 116. The molecule has 0 aliphatic rings. The van der Waals surface area contributed by atoms with Gasteiger partial charge in [0.2, 0.25) is 6.41 Å². The molecule has 74 valence electrons. The van der Waals surface area contributed by atoms with Crippen molar-refractivity contribution in [1.29, 1.82) is 0 Å². The molecule has 0 rings (SSSR count). The van der Waals surface area contributed by atoms with E-state index in [-0.39, 0.29) is 5.48 Å². The van der Waals surface area contributed by atoms with Crippen molar-refractivity contribution in [3.05, 3.63) is 0 Å². The van der Waals surface area contributed by atoms with Gasteiger partial charge in [0.25, 0.3) is 0 Å². The first-order chi connectivity index (χ1) is 5.04. The van der Waals surface area contributed by atoms with E-state index in [4.69, 9.17) is 0 Å². The number of carbonyl (C=O) groups excluding carboxylic acids is 2. The molecule has 0 unspecified atom stereocenters. The second kappa shape index (κ2) is 12.4. The minimum absolute atomic E-state index is 0. The van der Waals surface area contributed by atoms with Gasteiger partial charge in [0.15, 0.2) is 0 Å². The number of rotatable bonds is 2. The van der Waals surface area contributed by atoms with Crippen molar-refractivity contribution in [2.24, 2.45) is 5.73 Å². The highest BCUT2D eigenvalue weighted by molar-refractivity contribution is 5.64. The van der Waals surface area contributed by atoms with Crippen LogP contribution in [0.3, 0.4) is 0 Å². The van der Waals surface area contributed by atoms with Gasteiger partial charge in [-0.2, -0.15) is 0 Å². The van der Waals surface area contributed by atoms with Crippen molar-refractivity contribution >= 4 is 12.5 Å². The fourth-order valence-electron chi connectivity index (χ4n) is 0.142. The summed E-state index contributed by atoms with van der Waals surface area (Å²) in [5.74, 6) is 0. The van der Waals surface area contributed by atoms with Crippen molar-refractivity contribution in [2.45, 2.75) is 6.92 Å². The molecular formula is C6H16N2O4. The maximum atomic E-state index is 9.60. The number of hydrogen-bond acceptors (Lipinski definition) is 3. The van der Waals surface area contributed by atoms with Gasteiger partial charge in [-0.1, -0.05) is 0 Å².